The van der Waals surface area contributed by atoms with Gasteiger partial charge in [-0.1, -0.05) is 0 Å². The number of carbonyl (C=O) groups is 1. The summed E-state index contributed by atoms with van der Waals surface area (Å²) in [6.07, 6.45) is 9.20. The maximum absolute atomic E-state index is 11.7. The lowest BCUT2D eigenvalue weighted by Crippen LogP contribution is -2.23. The van der Waals surface area contributed by atoms with E-state index in [-0.39, 0.29) is 5.92 Å². The van der Waals surface area contributed by atoms with E-state index in [0.717, 1.165) is 18.5 Å². The van der Waals surface area contributed by atoms with E-state index in [4.69, 9.17) is 5.73 Å². The standard InChI is InChI=1S/C15H18N4O2/c16-5-1-3-11-7-15(11,14(20)21)13-9-19(10-18-13)12-4-2-6-17-8-12/h2,4,6,8-11H,1,3,5,7,16H2,(H,20,21). The Morgan fingerprint density at radius 3 is 3.10 bits per heavy atom. The average Bonchev–Trinajstić information content (AvgIpc) is 3.03. The van der Waals surface area contributed by atoms with Crippen LogP contribution in [0.2, 0.25) is 0 Å². The minimum Gasteiger partial charge on any atom is -0.481 e. The van der Waals surface area contributed by atoms with Crippen LogP contribution >= 0.6 is 0 Å². The van der Waals surface area contributed by atoms with Crippen LogP contribution in [0.25, 0.3) is 5.69 Å². The minimum atomic E-state index is -0.831. The van der Waals surface area contributed by atoms with Crippen molar-refractivity contribution >= 4 is 5.97 Å². The fourth-order valence-electron chi connectivity index (χ4n) is 2.93. The highest BCUT2D eigenvalue weighted by Crippen LogP contribution is 2.56. The third-order valence-corrected chi connectivity index (χ3v) is 4.23. The Labute approximate surface area is 122 Å². The largest absolute Gasteiger partial charge is 0.481 e. The summed E-state index contributed by atoms with van der Waals surface area (Å²) in [5.41, 5.74) is 6.18. The molecule has 110 valence electrons. The van der Waals surface area contributed by atoms with E-state index in [0.29, 0.717) is 18.7 Å². The van der Waals surface area contributed by atoms with Gasteiger partial charge in [0.15, 0.2) is 0 Å². The molecule has 1 aliphatic rings. The van der Waals surface area contributed by atoms with Crippen LogP contribution in [0.1, 0.15) is 25.0 Å². The molecule has 3 N–H and O–H groups in total. The molecule has 0 amide bonds. The predicted octanol–water partition coefficient (Wildman–Crippen LogP) is 1.35. The molecule has 2 aromatic rings. The Hall–Kier alpha value is -2.21. The highest BCUT2D eigenvalue weighted by atomic mass is 16.4. The van der Waals surface area contributed by atoms with Crippen molar-refractivity contribution in [2.45, 2.75) is 24.7 Å². The van der Waals surface area contributed by atoms with Crippen LogP contribution in [-0.4, -0.2) is 32.2 Å². The highest BCUT2D eigenvalue weighted by Gasteiger charge is 2.62. The molecule has 2 atom stereocenters. The third-order valence-electron chi connectivity index (χ3n) is 4.23. The molecular formula is C15H18N4O2. The molecule has 21 heavy (non-hydrogen) atoms. The number of rotatable bonds is 6. The molecule has 1 saturated carbocycles. The molecule has 1 fully saturated rings. The first-order valence-electron chi connectivity index (χ1n) is 7.07. The average molecular weight is 286 g/mol. The number of nitrogens with zero attached hydrogens (tertiary/aromatic N) is 3. The number of carboxylic acids is 1. The summed E-state index contributed by atoms with van der Waals surface area (Å²) in [6.45, 7) is 0.594. The zero-order chi connectivity index (χ0) is 14.9. The number of pyridine rings is 1. The van der Waals surface area contributed by atoms with Crippen molar-refractivity contribution in [3.63, 3.8) is 0 Å². The summed E-state index contributed by atoms with van der Waals surface area (Å²) in [7, 11) is 0. The Morgan fingerprint density at radius 1 is 1.57 bits per heavy atom. The number of nitrogens with two attached hydrogens (primary N) is 1. The van der Waals surface area contributed by atoms with Crippen LogP contribution in [0, 0.1) is 5.92 Å². The van der Waals surface area contributed by atoms with Crippen LogP contribution in [0.3, 0.4) is 0 Å². The van der Waals surface area contributed by atoms with Crippen molar-refractivity contribution in [2.75, 3.05) is 6.54 Å². The first-order valence-corrected chi connectivity index (χ1v) is 7.07. The van der Waals surface area contributed by atoms with Gasteiger partial charge in [0.25, 0.3) is 0 Å². The zero-order valence-corrected chi connectivity index (χ0v) is 11.6. The molecule has 2 unspecified atom stereocenters. The zero-order valence-electron chi connectivity index (χ0n) is 11.6. The maximum atomic E-state index is 11.7. The number of carboxylic acid groups (broad SMARTS) is 1. The lowest BCUT2D eigenvalue weighted by molar-refractivity contribution is -0.140. The van der Waals surface area contributed by atoms with Crippen LogP contribution in [0.15, 0.2) is 37.1 Å². The first kappa shape index (κ1) is 13.8. The van der Waals surface area contributed by atoms with Gasteiger partial charge in [-0.25, -0.2) is 4.98 Å². The number of aliphatic carboxylic acids is 1. The molecule has 0 saturated heterocycles. The van der Waals surface area contributed by atoms with E-state index in [2.05, 4.69) is 9.97 Å². The number of hydrogen-bond acceptors (Lipinski definition) is 4. The van der Waals surface area contributed by atoms with E-state index in [1.807, 2.05) is 16.7 Å². The molecule has 2 aromatic heterocycles. The van der Waals surface area contributed by atoms with Crippen LogP contribution < -0.4 is 5.73 Å². The topological polar surface area (TPSA) is 94.0 Å². The summed E-state index contributed by atoms with van der Waals surface area (Å²) in [4.78, 5) is 20.1. The van der Waals surface area contributed by atoms with Crippen molar-refractivity contribution in [3.8, 4) is 5.69 Å². The van der Waals surface area contributed by atoms with Gasteiger partial charge in [-0.2, -0.15) is 0 Å². The monoisotopic (exact) mass is 286 g/mol. The molecular weight excluding hydrogens is 268 g/mol. The van der Waals surface area contributed by atoms with Gasteiger partial charge in [0.2, 0.25) is 0 Å². The lowest BCUT2D eigenvalue weighted by atomic mass is 9.98. The van der Waals surface area contributed by atoms with Gasteiger partial charge >= 0.3 is 5.97 Å². The molecule has 0 bridgehead atoms. The normalized spacial score (nSPS) is 24.0. The summed E-state index contributed by atoms with van der Waals surface area (Å²) in [6, 6.07) is 3.74. The van der Waals surface area contributed by atoms with E-state index in [9.17, 15) is 9.90 Å². The SMILES string of the molecule is NCCCC1CC1(C(=O)O)c1cn(-c2cccnc2)cn1. The summed E-state index contributed by atoms with van der Waals surface area (Å²) in [5, 5.41) is 9.61. The molecule has 6 heteroatoms. The molecule has 0 spiro atoms. The van der Waals surface area contributed by atoms with E-state index >= 15 is 0 Å². The fraction of sp³-hybridized carbons (Fsp3) is 0.400. The number of hydrogen-bond donors (Lipinski definition) is 2. The van der Waals surface area contributed by atoms with Gasteiger partial charge in [0.05, 0.1) is 23.9 Å². The summed E-state index contributed by atoms with van der Waals surface area (Å²) >= 11 is 0. The van der Waals surface area contributed by atoms with Crippen LogP contribution in [-0.2, 0) is 10.2 Å². The second-order valence-corrected chi connectivity index (χ2v) is 5.49. The van der Waals surface area contributed by atoms with Gasteiger partial charge in [-0.3, -0.25) is 9.78 Å². The minimum absolute atomic E-state index is 0.135. The second kappa shape index (κ2) is 5.29. The Bertz CT molecular complexity index is 640. The van der Waals surface area contributed by atoms with Crippen LogP contribution in [0.5, 0.6) is 0 Å². The summed E-state index contributed by atoms with van der Waals surface area (Å²) in [5.74, 6) is -0.656. The molecule has 0 aromatic carbocycles. The lowest BCUT2D eigenvalue weighted by Gasteiger charge is -2.09. The van der Waals surface area contributed by atoms with Crippen molar-refractivity contribution in [3.05, 3.63) is 42.7 Å². The summed E-state index contributed by atoms with van der Waals surface area (Å²) < 4.78 is 1.81. The van der Waals surface area contributed by atoms with Gasteiger partial charge in [0.1, 0.15) is 5.41 Å². The smallest absolute Gasteiger partial charge is 0.316 e. The molecule has 3 rings (SSSR count). The van der Waals surface area contributed by atoms with Crippen molar-refractivity contribution in [2.24, 2.45) is 11.7 Å². The first-order chi connectivity index (χ1) is 10.2. The Balaban J connectivity index is 1.86. The van der Waals surface area contributed by atoms with Gasteiger partial charge in [-0.15, -0.1) is 0 Å². The van der Waals surface area contributed by atoms with E-state index in [1.54, 1.807) is 24.9 Å². The van der Waals surface area contributed by atoms with Crippen molar-refractivity contribution in [1.29, 1.82) is 0 Å². The molecule has 2 heterocycles. The Morgan fingerprint density at radius 2 is 2.43 bits per heavy atom. The number of imidazole rings is 1. The van der Waals surface area contributed by atoms with Crippen molar-refractivity contribution in [1.82, 2.24) is 14.5 Å². The molecule has 6 nitrogen and oxygen atoms in total. The highest BCUT2D eigenvalue weighted by molar-refractivity contribution is 5.85. The Kier molecular flexibility index (Phi) is 3.47. The van der Waals surface area contributed by atoms with Gasteiger partial charge < -0.3 is 15.4 Å². The number of aromatic nitrogens is 3. The second-order valence-electron chi connectivity index (χ2n) is 5.49. The van der Waals surface area contributed by atoms with Crippen LogP contribution in [0.4, 0.5) is 0 Å². The third kappa shape index (κ3) is 2.31. The fourth-order valence-corrected chi connectivity index (χ4v) is 2.93. The van der Waals surface area contributed by atoms with E-state index < -0.39 is 11.4 Å². The van der Waals surface area contributed by atoms with Gasteiger partial charge in [-0.05, 0) is 43.9 Å². The predicted molar refractivity (Wildman–Crippen MR) is 77.1 cm³/mol. The van der Waals surface area contributed by atoms with E-state index in [1.165, 1.54) is 0 Å². The molecule has 0 radical (unpaired) electrons. The molecule has 1 aliphatic carbocycles. The van der Waals surface area contributed by atoms with Gasteiger partial charge in [0, 0.05) is 12.4 Å². The van der Waals surface area contributed by atoms with Crippen molar-refractivity contribution < 1.29 is 9.90 Å². The molecule has 0 aliphatic heterocycles. The maximum Gasteiger partial charge on any atom is 0.316 e. The quantitative estimate of drug-likeness (QED) is 0.836.